The normalized spacial score (nSPS) is 11.9. The number of ether oxygens (including phenoxy) is 3. The molecule has 0 N–H and O–H groups in total. The fourth-order valence-electron chi connectivity index (χ4n) is 1.43. The van der Waals surface area contributed by atoms with Crippen LogP contribution in [0.15, 0.2) is 24.3 Å². The lowest BCUT2D eigenvalue weighted by Crippen LogP contribution is -2.13. The maximum atomic E-state index is 11.4. The summed E-state index contributed by atoms with van der Waals surface area (Å²) >= 11 is 0. The molecule has 0 bridgehead atoms. The van der Waals surface area contributed by atoms with Crippen molar-refractivity contribution in [3.05, 3.63) is 29.8 Å². The second-order valence-electron chi connectivity index (χ2n) is 4.18. The van der Waals surface area contributed by atoms with Gasteiger partial charge < -0.3 is 14.2 Å². The molecule has 0 aliphatic carbocycles. The summed E-state index contributed by atoms with van der Waals surface area (Å²) in [5.74, 6) is 0.412. The van der Waals surface area contributed by atoms with Gasteiger partial charge in [-0.3, -0.25) is 0 Å². The van der Waals surface area contributed by atoms with E-state index in [2.05, 4.69) is 6.92 Å². The van der Waals surface area contributed by atoms with Gasteiger partial charge in [0, 0.05) is 0 Å². The lowest BCUT2D eigenvalue weighted by atomic mass is 10.2. The van der Waals surface area contributed by atoms with E-state index < -0.39 is 0 Å². The van der Waals surface area contributed by atoms with E-state index in [-0.39, 0.29) is 12.1 Å². The summed E-state index contributed by atoms with van der Waals surface area (Å²) in [5, 5.41) is 0. The van der Waals surface area contributed by atoms with Crippen LogP contribution in [0.2, 0.25) is 0 Å². The van der Waals surface area contributed by atoms with E-state index in [0.29, 0.717) is 25.4 Å². The number of hydrogen-bond acceptors (Lipinski definition) is 4. The van der Waals surface area contributed by atoms with E-state index >= 15 is 0 Å². The molecule has 106 valence electrons. The number of esters is 1. The first kappa shape index (κ1) is 15.5. The highest BCUT2D eigenvalue weighted by Gasteiger charge is 2.05. The van der Waals surface area contributed by atoms with Gasteiger partial charge >= 0.3 is 5.97 Å². The Morgan fingerprint density at radius 2 is 1.84 bits per heavy atom. The summed E-state index contributed by atoms with van der Waals surface area (Å²) in [5.41, 5.74) is 0.532. The molecule has 0 spiro atoms. The Morgan fingerprint density at radius 3 is 2.42 bits per heavy atom. The van der Waals surface area contributed by atoms with Crippen LogP contribution < -0.4 is 4.74 Å². The highest BCUT2D eigenvalue weighted by molar-refractivity contribution is 5.89. The number of benzene rings is 1. The van der Waals surface area contributed by atoms with Crippen molar-refractivity contribution < 1.29 is 19.0 Å². The number of carbonyl (C=O) groups is 1. The lowest BCUT2D eigenvalue weighted by molar-refractivity contribution is 0.0426. The van der Waals surface area contributed by atoms with Gasteiger partial charge in [0.05, 0.1) is 24.9 Å². The first-order valence-corrected chi connectivity index (χ1v) is 6.69. The minimum absolute atomic E-state index is 0.259. The van der Waals surface area contributed by atoms with Gasteiger partial charge in [0.2, 0.25) is 0 Å². The molecule has 0 aliphatic heterocycles. The second kappa shape index (κ2) is 8.53. The molecule has 0 saturated carbocycles. The Hall–Kier alpha value is -1.55. The third kappa shape index (κ3) is 5.75. The van der Waals surface area contributed by atoms with Crippen LogP contribution in [0.25, 0.3) is 0 Å². The van der Waals surface area contributed by atoms with Crippen molar-refractivity contribution in [2.45, 2.75) is 33.3 Å². The predicted octanol–water partition coefficient (Wildman–Crippen LogP) is 3.06. The van der Waals surface area contributed by atoms with Crippen molar-refractivity contribution in [1.82, 2.24) is 0 Å². The van der Waals surface area contributed by atoms with Crippen molar-refractivity contribution in [1.29, 1.82) is 0 Å². The molecule has 0 heterocycles. The third-order valence-corrected chi connectivity index (χ3v) is 2.69. The van der Waals surface area contributed by atoms with E-state index in [4.69, 9.17) is 14.2 Å². The maximum absolute atomic E-state index is 11.4. The van der Waals surface area contributed by atoms with Crippen LogP contribution in [0.5, 0.6) is 5.75 Å². The van der Waals surface area contributed by atoms with Gasteiger partial charge in [-0.25, -0.2) is 4.79 Å². The number of rotatable bonds is 8. The van der Waals surface area contributed by atoms with Crippen molar-refractivity contribution in [3.63, 3.8) is 0 Å². The Labute approximate surface area is 114 Å². The molecule has 1 unspecified atom stereocenters. The van der Waals surface area contributed by atoms with Crippen molar-refractivity contribution in [2.75, 3.05) is 19.8 Å². The first-order chi connectivity index (χ1) is 9.17. The summed E-state index contributed by atoms with van der Waals surface area (Å²) in [6.07, 6.45) is 1.25. The molecule has 1 rings (SSSR count). The molecule has 1 aromatic rings. The van der Waals surface area contributed by atoms with Gasteiger partial charge in [-0.1, -0.05) is 6.92 Å². The summed E-state index contributed by atoms with van der Waals surface area (Å²) in [6.45, 7) is 7.35. The molecule has 1 atom stereocenters. The molecule has 0 saturated heterocycles. The Kier molecular flexibility index (Phi) is 6.97. The smallest absolute Gasteiger partial charge is 0.338 e. The van der Waals surface area contributed by atoms with E-state index in [9.17, 15) is 4.79 Å². The van der Waals surface area contributed by atoms with Crippen LogP contribution in [0, 0.1) is 0 Å². The Morgan fingerprint density at radius 1 is 1.16 bits per heavy atom. The minimum atomic E-state index is -0.311. The predicted molar refractivity (Wildman–Crippen MR) is 73.6 cm³/mol. The average Bonchev–Trinajstić information content (AvgIpc) is 2.44. The van der Waals surface area contributed by atoms with Crippen LogP contribution in [-0.2, 0) is 9.47 Å². The van der Waals surface area contributed by atoms with Gasteiger partial charge in [-0.2, -0.15) is 0 Å². The zero-order valence-electron chi connectivity index (χ0n) is 11.8. The molecule has 0 radical (unpaired) electrons. The van der Waals surface area contributed by atoms with Gasteiger partial charge in [0.1, 0.15) is 12.4 Å². The highest BCUT2D eigenvalue weighted by Crippen LogP contribution is 2.13. The number of carbonyl (C=O) groups excluding carboxylic acids is 1. The second-order valence-corrected chi connectivity index (χ2v) is 4.18. The van der Waals surface area contributed by atoms with Crippen LogP contribution >= 0.6 is 0 Å². The summed E-state index contributed by atoms with van der Waals surface area (Å²) in [7, 11) is 0. The minimum Gasteiger partial charge on any atom is -0.491 e. The van der Waals surface area contributed by atoms with Gasteiger partial charge in [0.25, 0.3) is 0 Å². The van der Waals surface area contributed by atoms with E-state index in [1.807, 2.05) is 6.92 Å². The third-order valence-electron chi connectivity index (χ3n) is 2.69. The number of hydrogen-bond donors (Lipinski definition) is 0. The van der Waals surface area contributed by atoms with Crippen molar-refractivity contribution in [2.24, 2.45) is 0 Å². The van der Waals surface area contributed by atoms with E-state index in [1.165, 1.54) is 0 Å². The summed E-state index contributed by atoms with van der Waals surface area (Å²) in [4.78, 5) is 11.4. The zero-order valence-corrected chi connectivity index (χ0v) is 11.8. The fraction of sp³-hybridized carbons (Fsp3) is 0.533. The summed E-state index contributed by atoms with van der Waals surface area (Å²) in [6, 6.07) is 6.91. The molecule has 1 aromatic carbocycles. The standard InChI is InChI=1S/C15H22O4/c1-4-12(3)18-10-11-19-14-8-6-13(7-9-14)15(16)17-5-2/h6-9,12H,4-5,10-11H2,1-3H3. The van der Waals surface area contributed by atoms with Crippen molar-refractivity contribution in [3.8, 4) is 5.75 Å². The van der Waals surface area contributed by atoms with Crippen LogP contribution in [-0.4, -0.2) is 31.9 Å². The molecular weight excluding hydrogens is 244 g/mol. The average molecular weight is 266 g/mol. The molecule has 0 amide bonds. The largest absolute Gasteiger partial charge is 0.491 e. The first-order valence-electron chi connectivity index (χ1n) is 6.69. The summed E-state index contributed by atoms with van der Waals surface area (Å²) < 4.78 is 15.9. The molecular formula is C15H22O4. The van der Waals surface area contributed by atoms with Crippen LogP contribution in [0.1, 0.15) is 37.6 Å². The maximum Gasteiger partial charge on any atom is 0.338 e. The lowest BCUT2D eigenvalue weighted by Gasteiger charge is -2.11. The van der Waals surface area contributed by atoms with Gasteiger partial charge in [-0.05, 0) is 44.5 Å². The van der Waals surface area contributed by atoms with E-state index in [1.54, 1.807) is 31.2 Å². The topological polar surface area (TPSA) is 44.8 Å². The van der Waals surface area contributed by atoms with Crippen molar-refractivity contribution >= 4 is 5.97 Å². The highest BCUT2D eigenvalue weighted by atomic mass is 16.5. The monoisotopic (exact) mass is 266 g/mol. The Bertz CT molecular complexity index is 372. The Balaban J connectivity index is 2.34. The molecule has 4 nitrogen and oxygen atoms in total. The van der Waals surface area contributed by atoms with E-state index in [0.717, 1.165) is 12.2 Å². The molecule has 0 aliphatic rings. The zero-order chi connectivity index (χ0) is 14.1. The van der Waals surface area contributed by atoms with Gasteiger partial charge in [-0.15, -0.1) is 0 Å². The SMILES string of the molecule is CCOC(=O)c1ccc(OCCOC(C)CC)cc1. The quantitative estimate of drug-likeness (QED) is 0.536. The molecule has 0 aromatic heterocycles. The van der Waals surface area contributed by atoms with Crippen LogP contribution in [0.3, 0.4) is 0 Å². The molecule has 0 fully saturated rings. The fourth-order valence-corrected chi connectivity index (χ4v) is 1.43. The van der Waals surface area contributed by atoms with Gasteiger partial charge in [0.15, 0.2) is 0 Å². The van der Waals surface area contributed by atoms with Crippen LogP contribution in [0.4, 0.5) is 0 Å². The molecule has 19 heavy (non-hydrogen) atoms. The molecule has 4 heteroatoms.